The van der Waals surface area contributed by atoms with Crippen LogP contribution < -0.4 is 10.9 Å². The monoisotopic (exact) mass is 459 g/mol. The Bertz CT molecular complexity index is 1390. The Morgan fingerprint density at radius 3 is 2.12 bits per heavy atom. The number of anilines is 1. The van der Waals surface area contributed by atoms with Gasteiger partial charge < -0.3 is 9.88 Å². The first-order valence-electron chi connectivity index (χ1n) is 10.5. The van der Waals surface area contributed by atoms with Crippen molar-refractivity contribution >= 4 is 5.69 Å². The number of rotatable bonds is 6. The zero-order valence-electron chi connectivity index (χ0n) is 18.0. The van der Waals surface area contributed by atoms with Crippen LogP contribution in [0.2, 0.25) is 0 Å². The molecule has 0 amide bonds. The molecule has 0 saturated carbocycles. The lowest BCUT2D eigenvalue weighted by Crippen LogP contribution is -2.28. The van der Waals surface area contributed by atoms with Crippen molar-refractivity contribution in [3.63, 3.8) is 0 Å². The van der Waals surface area contributed by atoms with Gasteiger partial charge in [-0.05, 0) is 29.3 Å². The smallest absolute Gasteiger partial charge is 0.381 e. The van der Waals surface area contributed by atoms with Crippen molar-refractivity contribution < 1.29 is 13.2 Å². The minimum atomic E-state index is -4.84. The Morgan fingerprint density at radius 1 is 0.853 bits per heavy atom. The van der Waals surface area contributed by atoms with E-state index in [-0.39, 0.29) is 12.2 Å². The van der Waals surface area contributed by atoms with Crippen molar-refractivity contribution in [2.75, 3.05) is 5.32 Å². The maximum absolute atomic E-state index is 13.7. The normalized spacial score (nSPS) is 11.1. The van der Waals surface area contributed by atoms with Gasteiger partial charge in [-0.25, -0.2) is 0 Å². The highest BCUT2D eigenvalue weighted by Crippen LogP contribution is 2.34. The summed E-state index contributed by atoms with van der Waals surface area (Å²) >= 11 is 0. The maximum atomic E-state index is 13.7. The molecular weight excluding hydrogens is 439 g/mol. The number of hydrogen-bond donors (Lipinski definition) is 1. The Labute approximate surface area is 194 Å². The second kappa shape index (κ2) is 9.67. The number of alkyl halides is 3. The summed E-state index contributed by atoms with van der Waals surface area (Å²) < 4.78 is 42.5. The first kappa shape index (κ1) is 22.9. The molecule has 7 heteroatoms. The molecule has 0 fully saturated rings. The van der Waals surface area contributed by atoms with E-state index in [0.29, 0.717) is 17.8 Å². The number of aromatic nitrogens is 1. The van der Waals surface area contributed by atoms with Crippen LogP contribution in [0.25, 0.3) is 11.3 Å². The van der Waals surface area contributed by atoms with Crippen LogP contribution in [-0.2, 0) is 19.3 Å². The molecule has 0 bridgehead atoms. The molecule has 3 aromatic carbocycles. The third-order valence-corrected chi connectivity index (χ3v) is 5.40. The number of benzene rings is 3. The van der Waals surface area contributed by atoms with Crippen LogP contribution in [0, 0.1) is 11.3 Å². The van der Waals surface area contributed by atoms with Crippen LogP contribution in [0.4, 0.5) is 18.9 Å². The molecule has 1 heterocycles. The Hall–Kier alpha value is -4.31. The lowest BCUT2D eigenvalue weighted by molar-refractivity contribution is -0.137. The van der Waals surface area contributed by atoms with E-state index in [4.69, 9.17) is 0 Å². The third kappa shape index (κ3) is 5.02. The SMILES string of the molecule is N#Cc1c(C(F)(F)F)cc(-c2cccc(NCc3ccccc3)c2)n(Cc2ccccc2)c1=O. The average molecular weight is 459 g/mol. The molecular formula is C27H20F3N3O. The molecule has 0 aliphatic rings. The first-order valence-corrected chi connectivity index (χ1v) is 10.5. The van der Waals surface area contributed by atoms with E-state index in [1.165, 1.54) is 10.6 Å². The highest BCUT2D eigenvalue weighted by atomic mass is 19.4. The molecule has 4 nitrogen and oxygen atoms in total. The van der Waals surface area contributed by atoms with E-state index in [9.17, 15) is 23.2 Å². The summed E-state index contributed by atoms with van der Waals surface area (Å²) in [4.78, 5) is 13.1. The van der Waals surface area contributed by atoms with Crippen LogP contribution in [-0.4, -0.2) is 4.57 Å². The number of hydrogen-bond acceptors (Lipinski definition) is 3. The number of halogens is 3. The van der Waals surface area contributed by atoms with Crippen molar-refractivity contribution in [2.24, 2.45) is 0 Å². The molecule has 0 unspecified atom stereocenters. The quantitative estimate of drug-likeness (QED) is 0.381. The van der Waals surface area contributed by atoms with Gasteiger partial charge in [0.15, 0.2) is 0 Å². The highest BCUT2D eigenvalue weighted by molar-refractivity contribution is 5.67. The zero-order chi connectivity index (χ0) is 24.1. The van der Waals surface area contributed by atoms with Gasteiger partial charge in [0, 0.05) is 17.8 Å². The van der Waals surface area contributed by atoms with E-state index in [1.807, 2.05) is 36.4 Å². The van der Waals surface area contributed by atoms with E-state index in [0.717, 1.165) is 17.2 Å². The lowest BCUT2D eigenvalue weighted by atomic mass is 10.0. The first-order chi connectivity index (χ1) is 16.4. The van der Waals surface area contributed by atoms with Gasteiger partial charge in [-0.3, -0.25) is 4.79 Å². The summed E-state index contributed by atoms with van der Waals surface area (Å²) in [5, 5.41) is 12.6. The molecule has 34 heavy (non-hydrogen) atoms. The van der Waals surface area contributed by atoms with Crippen molar-refractivity contribution in [2.45, 2.75) is 19.3 Å². The predicted octanol–water partition coefficient (Wildman–Crippen LogP) is 6.07. The van der Waals surface area contributed by atoms with Crippen molar-refractivity contribution in [3.05, 3.63) is 124 Å². The van der Waals surface area contributed by atoms with E-state index in [1.54, 1.807) is 48.5 Å². The number of nitrogens with one attached hydrogen (secondary N) is 1. The van der Waals surface area contributed by atoms with Gasteiger partial charge in [0.05, 0.1) is 17.8 Å². The minimum absolute atomic E-state index is 0.0312. The molecule has 0 atom stereocenters. The molecule has 0 spiro atoms. The van der Waals surface area contributed by atoms with Gasteiger partial charge in [0.1, 0.15) is 11.6 Å². The number of nitriles is 1. The Kier molecular flexibility index (Phi) is 6.51. The fourth-order valence-electron chi connectivity index (χ4n) is 3.73. The fraction of sp³-hybridized carbons (Fsp3) is 0.111. The topological polar surface area (TPSA) is 57.8 Å². The second-order valence-corrected chi connectivity index (χ2v) is 7.72. The summed E-state index contributed by atoms with van der Waals surface area (Å²) in [6.45, 7) is 0.561. The standard InChI is InChI=1S/C27H20F3N3O/c28-27(29,30)24-15-25(33(26(34)23(24)16-31)18-20-10-5-2-6-11-20)21-12-7-13-22(14-21)32-17-19-8-3-1-4-9-19/h1-15,32H,17-18H2. The number of nitrogens with zero attached hydrogens (tertiary/aromatic N) is 2. The van der Waals surface area contributed by atoms with Crippen LogP contribution in [0.5, 0.6) is 0 Å². The Morgan fingerprint density at radius 2 is 1.50 bits per heavy atom. The molecule has 1 N–H and O–H groups in total. The molecule has 0 saturated heterocycles. The summed E-state index contributed by atoms with van der Waals surface area (Å²) in [6, 6.07) is 27.8. The van der Waals surface area contributed by atoms with Gasteiger partial charge in [-0.1, -0.05) is 72.8 Å². The fourth-order valence-corrected chi connectivity index (χ4v) is 3.73. The van der Waals surface area contributed by atoms with Crippen LogP contribution in [0.15, 0.2) is 95.8 Å². The largest absolute Gasteiger partial charge is 0.417 e. The molecule has 0 aliphatic heterocycles. The van der Waals surface area contributed by atoms with Crippen LogP contribution >= 0.6 is 0 Å². The van der Waals surface area contributed by atoms with Gasteiger partial charge >= 0.3 is 6.18 Å². The predicted molar refractivity (Wildman–Crippen MR) is 125 cm³/mol. The van der Waals surface area contributed by atoms with Gasteiger partial charge in [0.25, 0.3) is 5.56 Å². The lowest BCUT2D eigenvalue weighted by Gasteiger charge is -2.18. The van der Waals surface area contributed by atoms with Crippen LogP contribution in [0.3, 0.4) is 0 Å². The summed E-state index contributed by atoms with van der Waals surface area (Å²) in [7, 11) is 0. The van der Waals surface area contributed by atoms with Crippen LogP contribution in [0.1, 0.15) is 22.3 Å². The Balaban J connectivity index is 1.82. The minimum Gasteiger partial charge on any atom is -0.381 e. The molecule has 0 radical (unpaired) electrons. The summed E-state index contributed by atoms with van der Waals surface area (Å²) in [5.41, 5.74) is -0.131. The number of pyridine rings is 1. The second-order valence-electron chi connectivity index (χ2n) is 7.72. The van der Waals surface area contributed by atoms with Crippen molar-refractivity contribution in [1.29, 1.82) is 5.26 Å². The molecule has 4 aromatic rings. The average Bonchev–Trinajstić information content (AvgIpc) is 2.84. The van der Waals surface area contributed by atoms with Crippen molar-refractivity contribution in [3.8, 4) is 17.3 Å². The maximum Gasteiger partial charge on any atom is 0.417 e. The summed E-state index contributed by atoms with van der Waals surface area (Å²) in [6.07, 6.45) is -4.84. The summed E-state index contributed by atoms with van der Waals surface area (Å²) in [5.74, 6) is 0. The van der Waals surface area contributed by atoms with Gasteiger partial charge in [-0.2, -0.15) is 18.4 Å². The molecule has 4 rings (SSSR count). The third-order valence-electron chi connectivity index (χ3n) is 5.40. The van der Waals surface area contributed by atoms with Gasteiger partial charge in [-0.15, -0.1) is 0 Å². The molecule has 170 valence electrons. The highest BCUT2D eigenvalue weighted by Gasteiger charge is 2.36. The van der Waals surface area contributed by atoms with E-state index in [2.05, 4.69) is 5.32 Å². The molecule has 1 aromatic heterocycles. The van der Waals surface area contributed by atoms with Crippen molar-refractivity contribution in [1.82, 2.24) is 4.57 Å². The molecule has 0 aliphatic carbocycles. The van der Waals surface area contributed by atoms with E-state index < -0.39 is 22.9 Å². The van der Waals surface area contributed by atoms with E-state index >= 15 is 0 Å². The zero-order valence-corrected chi connectivity index (χ0v) is 18.0. The van der Waals surface area contributed by atoms with Gasteiger partial charge in [0.2, 0.25) is 0 Å².